The lowest BCUT2D eigenvalue weighted by Crippen LogP contribution is -2.43. The van der Waals surface area contributed by atoms with Crippen molar-refractivity contribution in [3.8, 4) is 0 Å². The number of alkyl halides is 3. The minimum Gasteiger partial charge on any atom is -0.349 e. The third kappa shape index (κ3) is 5.31. The van der Waals surface area contributed by atoms with Gasteiger partial charge in [-0.15, -0.1) is 0 Å². The first-order valence-electron chi connectivity index (χ1n) is 2.95. The number of carbonyl (C=O) groups is 1. The second kappa shape index (κ2) is 5.64. The minimum atomic E-state index is -2.51. The van der Waals surface area contributed by atoms with Crippen molar-refractivity contribution >= 4 is 28.5 Å². The molecule has 0 rings (SSSR count). The average Bonchev–Trinajstić information content (AvgIpc) is 1.98. The van der Waals surface area contributed by atoms with Crippen molar-refractivity contribution in [2.45, 2.75) is 12.5 Å². The molecule has 1 amide bonds. The van der Waals surface area contributed by atoms with E-state index in [4.69, 9.17) is 5.73 Å². The summed E-state index contributed by atoms with van der Waals surface area (Å²) in [5, 5.41) is 2.01. The maximum Gasteiger partial charge on any atom is 0.255 e. The molecule has 66 valence electrons. The first-order valence-corrected chi connectivity index (χ1v) is 4.48. The Morgan fingerprint density at radius 3 is 2.55 bits per heavy atom. The van der Waals surface area contributed by atoms with Crippen LogP contribution in [-0.4, -0.2) is 29.3 Å². The van der Waals surface area contributed by atoms with Gasteiger partial charge in [0, 0.05) is 4.43 Å². The summed E-state index contributed by atoms with van der Waals surface area (Å²) < 4.78 is 23.4. The molecule has 0 fully saturated rings. The highest BCUT2D eigenvalue weighted by atomic mass is 127. The molecule has 0 aromatic heterocycles. The molecule has 0 aromatic carbocycles. The largest absolute Gasteiger partial charge is 0.349 e. The number of amides is 1. The van der Waals surface area contributed by atoms with E-state index >= 15 is 0 Å². The molecule has 0 aromatic rings. The predicted octanol–water partition coefficient (Wildman–Crippen LogP) is 0.130. The van der Waals surface area contributed by atoms with Gasteiger partial charge in [0.25, 0.3) is 6.43 Å². The summed E-state index contributed by atoms with van der Waals surface area (Å²) >= 11 is 1.91. The monoisotopic (exact) mass is 278 g/mol. The van der Waals surface area contributed by atoms with Gasteiger partial charge in [-0.1, -0.05) is 22.6 Å². The zero-order chi connectivity index (χ0) is 8.85. The second-order valence-electron chi connectivity index (χ2n) is 1.90. The maximum atomic E-state index is 11.5. The van der Waals surface area contributed by atoms with Gasteiger partial charge in [-0.25, -0.2) is 8.78 Å². The number of rotatable bonds is 4. The topological polar surface area (TPSA) is 55.1 Å². The van der Waals surface area contributed by atoms with Crippen molar-refractivity contribution < 1.29 is 13.6 Å². The van der Waals surface area contributed by atoms with E-state index in [9.17, 15) is 13.6 Å². The highest BCUT2D eigenvalue weighted by molar-refractivity contribution is 14.1. The number of halogens is 3. The average molecular weight is 278 g/mol. The Balaban J connectivity index is 3.52. The standard InChI is InChI=1S/C5H9F2IN2O/c6-4(7)2-10-5(11)3(9)1-8/h3-4H,1-2,9H2,(H,10,11)/t3-/m1/s1. The molecule has 0 aliphatic rings. The quantitative estimate of drug-likeness (QED) is 0.567. The van der Waals surface area contributed by atoms with Crippen molar-refractivity contribution in [1.29, 1.82) is 0 Å². The molecule has 11 heavy (non-hydrogen) atoms. The van der Waals surface area contributed by atoms with Gasteiger partial charge in [-0.3, -0.25) is 4.79 Å². The Bertz CT molecular complexity index is 134. The zero-order valence-corrected chi connectivity index (χ0v) is 7.85. The molecule has 3 nitrogen and oxygen atoms in total. The van der Waals surface area contributed by atoms with Crippen LogP contribution in [0, 0.1) is 0 Å². The lowest BCUT2D eigenvalue weighted by molar-refractivity contribution is -0.122. The van der Waals surface area contributed by atoms with E-state index in [0.717, 1.165) is 0 Å². The molecular weight excluding hydrogens is 269 g/mol. The van der Waals surface area contributed by atoms with Gasteiger partial charge in [0.1, 0.15) is 0 Å². The third-order valence-electron chi connectivity index (χ3n) is 0.934. The van der Waals surface area contributed by atoms with E-state index in [1.807, 2.05) is 27.9 Å². The molecular formula is C5H9F2IN2O. The Morgan fingerprint density at radius 2 is 2.18 bits per heavy atom. The summed E-state index contributed by atoms with van der Waals surface area (Å²) in [4.78, 5) is 10.7. The second-order valence-corrected chi connectivity index (χ2v) is 2.78. The molecule has 0 bridgehead atoms. The molecule has 0 spiro atoms. The fraction of sp³-hybridized carbons (Fsp3) is 0.800. The lowest BCUT2D eigenvalue weighted by atomic mass is 10.3. The van der Waals surface area contributed by atoms with Crippen LogP contribution in [0.15, 0.2) is 0 Å². The Morgan fingerprint density at radius 1 is 1.64 bits per heavy atom. The Labute approximate surface area is 76.8 Å². The molecule has 0 saturated heterocycles. The van der Waals surface area contributed by atoms with Crippen molar-refractivity contribution in [1.82, 2.24) is 5.32 Å². The van der Waals surface area contributed by atoms with Crippen LogP contribution < -0.4 is 11.1 Å². The van der Waals surface area contributed by atoms with Crippen molar-refractivity contribution in [3.63, 3.8) is 0 Å². The van der Waals surface area contributed by atoms with Gasteiger partial charge in [-0.05, 0) is 0 Å². The van der Waals surface area contributed by atoms with Gasteiger partial charge in [0.15, 0.2) is 0 Å². The van der Waals surface area contributed by atoms with Crippen molar-refractivity contribution in [2.24, 2.45) is 5.73 Å². The fourth-order valence-corrected chi connectivity index (χ4v) is 0.779. The summed E-state index contributed by atoms with van der Waals surface area (Å²) in [5.41, 5.74) is 5.24. The molecule has 1 atom stereocenters. The van der Waals surface area contributed by atoms with Crippen LogP contribution in [0.4, 0.5) is 8.78 Å². The number of hydrogen-bond acceptors (Lipinski definition) is 2. The fourth-order valence-electron chi connectivity index (χ4n) is 0.379. The first kappa shape index (κ1) is 11.0. The lowest BCUT2D eigenvalue weighted by Gasteiger charge is -2.07. The van der Waals surface area contributed by atoms with Gasteiger partial charge >= 0.3 is 0 Å². The smallest absolute Gasteiger partial charge is 0.255 e. The number of hydrogen-bond donors (Lipinski definition) is 2. The summed E-state index contributed by atoms with van der Waals surface area (Å²) in [6, 6.07) is -0.686. The molecule has 0 heterocycles. The summed E-state index contributed by atoms with van der Waals surface area (Å²) in [6.07, 6.45) is -2.51. The molecule has 6 heteroatoms. The van der Waals surface area contributed by atoms with Gasteiger partial charge in [-0.2, -0.15) is 0 Å². The van der Waals surface area contributed by atoms with Crippen molar-refractivity contribution in [2.75, 3.05) is 11.0 Å². The van der Waals surface area contributed by atoms with E-state index in [1.54, 1.807) is 0 Å². The number of nitrogens with two attached hydrogens (primary N) is 1. The molecule has 0 saturated carbocycles. The van der Waals surface area contributed by atoms with Crippen molar-refractivity contribution in [3.05, 3.63) is 0 Å². The zero-order valence-electron chi connectivity index (χ0n) is 5.69. The Kier molecular flexibility index (Phi) is 5.65. The molecule has 0 aliphatic carbocycles. The van der Waals surface area contributed by atoms with Gasteiger partial charge in [0.05, 0.1) is 12.6 Å². The normalized spacial score (nSPS) is 13.2. The van der Waals surface area contributed by atoms with Crippen LogP contribution in [-0.2, 0) is 4.79 Å². The predicted molar refractivity (Wildman–Crippen MR) is 45.9 cm³/mol. The van der Waals surface area contributed by atoms with Gasteiger partial charge in [0.2, 0.25) is 5.91 Å². The molecule has 0 unspecified atom stereocenters. The minimum absolute atomic E-state index is 0.423. The number of nitrogens with one attached hydrogen (secondary N) is 1. The van der Waals surface area contributed by atoms with Crippen LogP contribution in [0.1, 0.15) is 0 Å². The SMILES string of the molecule is N[C@H](CI)C(=O)NCC(F)F. The van der Waals surface area contributed by atoms with Crippen LogP contribution in [0.25, 0.3) is 0 Å². The van der Waals surface area contributed by atoms with Crippen LogP contribution >= 0.6 is 22.6 Å². The first-order chi connectivity index (χ1) is 5.07. The van der Waals surface area contributed by atoms with Crippen LogP contribution in [0.3, 0.4) is 0 Å². The summed E-state index contributed by atoms with van der Waals surface area (Å²) in [6.45, 7) is -0.622. The van der Waals surface area contributed by atoms with E-state index in [0.29, 0.717) is 4.43 Å². The van der Waals surface area contributed by atoms with Crippen LogP contribution in [0.2, 0.25) is 0 Å². The third-order valence-corrected chi connectivity index (χ3v) is 1.88. The van der Waals surface area contributed by atoms with E-state index in [-0.39, 0.29) is 0 Å². The summed E-state index contributed by atoms with van der Waals surface area (Å²) in [7, 11) is 0. The van der Waals surface area contributed by atoms with Gasteiger partial charge < -0.3 is 11.1 Å². The molecule has 3 N–H and O–H groups in total. The number of carbonyl (C=O) groups excluding carboxylic acids is 1. The molecule has 0 radical (unpaired) electrons. The van der Waals surface area contributed by atoms with Crippen LogP contribution in [0.5, 0.6) is 0 Å². The molecule has 0 aliphatic heterocycles. The van der Waals surface area contributed by atoms with E-state index in [1.165, 1.54) is 0 Å². The summed E-state index contributed by atoms with van der Waals surface area (Å²) in [5.74, 6) is -0.528. The van der Waals surface area contributed by atoms with E-state index in [2.05, 4.69) is 0 Å². The highest BCUT2D eigenvalue weighted by Crippen LogP contribution is 1.90. The Hall–Kier alpha value is 0.0200. The maximum absolute atomic E-state index is 11.5. The van der Waals surface area contributed by atoms with E-state index < -0.39 is 24.9 Å². The highest BCUT2D eigenvalue weighted by Gasteiger charge is 2.12.